The molecule has 0 bridgehead atoms. The van der Waals surface area contributed by atoms with Gasteiger partial charge in [-0.3, -0.25) is 9.78 Å². The van der Waals surface area contributed by atoms with Gasteiger partial charge in [-0.05, 0) is 31.4 Å². The Kier molecular flexibility index (Phi) is 4.33. The van der Waals surface area contributed by atoms with Crippen molar-refractivity contribution in [2.45, 2.75) is 25.5 Å². The number of carbonyl (C=O) groups excluding carboxylic acids is 1. The van der Waals surface area contributed by atoms with Gasteiger partial charge in [0.15, 0.2) is 5.69 Å². The van der Waals surface area contributed by atoms with E-state index in [1.807, 2.05) is 0 Å². The lowest BCUT2D eigenvalue weighted by molar-refractivity contribution is -0.0396. The van der Waals surface area contributed by atoms with Crippen LogP contribution in [0.1, 0.15) is 46.3 Å². The second-order valence-electron chi connectivity index (χ2n) is 5.19. The van der Waals surface area contributed by atoms with Crippen LogP contribution in [0, 0.1) is 0 Å². The Hall–Kier alpha value is -2.74. The summed E-state index contributed by atoms with van der Waals surface area (Å²) in [5.74, 6) is -1.65. The van der Waals surface area contributed by atoms with Gasteiger partial charge in [-0.1, -0.05) is 0 Å². The molecule has 1 amide bonds. The first-order valence-corrected chi connectivity index (χ1v) is 7.30. The standard InChI is InChI=1S/C15H16N4O4/c20-14(10-4-3-6-16-8-10)17-11-9-19(18-13(11)15(21)22)12-5-1-2-7-23-12/h3-4,6,8-9,12H,1-2,5,7H2,(H,17,20)(H,21,22). The molecule has 23 heavy (non-hydrogen) atoms. The molecule has 1 aliphatic heterocycles. The van der Waals surface area contributed by atoms with Gasteiger partial charge in [-0.25, -0.2) is 9.48 Å². The summed E-state index contributed by atoms with van der Waals surface area (Å²) in [5.41, 5.74) is 0.266. The van der Waals surface area contributed by atoms with Crippen LogP contribution in [0.5, 0.6) is 0 Å². The number of carbonyl (C=O) groups is 2. The van der Waals surface area contributed by atoms with Gasteiger partial charge in [0.05, 0.1) is 17.4 Å². The molecule has 2 N–H and O–H groups in total. The molecule has 8 heteroatoms. The molecule has 2 aromatic heterocycles. The average molecular weight is 316 g/mol. The van der Waals surface area contributed by atoms with Gasteiger partial charge in [-0.2, -0.15) is 5.10 Å². The van der Waals surface area contributed by atoms with Crippen molar-refractivity contribution in [3.63, 3.8) is 0 Å². The highest BCUT2D eigenvalue weighted by Gasteiger charge is 2.23. The summed E-state index contributed by atoms with van der Waals surface area (Å²) in [6.45, 7) is 0.615. The summed E-state index contributed by atoms with van der Waals surface area (Å²) in [6.07, 6.45) is 6.89. The number of hydrogen-bond donors (Lipinski definition) is 2. The zero-order valence-corrected chi connectivity index (χ0v) is 12.3. The number of carboxylic acids is 1. The summed E-state index contributed by atoms with van der Waals surface area (Å²) in [7, 11) is 0. The molecule has 0 radical (unpaired) electrons. The summed E-state index contributed by atoms with van der Waals surface area (Å²) >= 11 is 0. The summed E-state index contributed by atoms with van der Waals surface area (Å²) in [4.78, 5) is 27.4. The Morgan fingerprint density at radius 2 is 2.26 bits per heavy atom. The van der Waals surface area contributed by atoms with Gasteiger partial charge in [0.25, 0.3) is 5.91 Å². The first kappa shape index (κ1) is 15.2. The Morgan fingerprint density at radius 3 is 2.91 bits per heavy atom. The number of hydrogen-bond acceptors (Lipinski definition) is 5. The van der Waals surface area contributed by atoms with Gasteiger partial charge in [0.2, 0.25) is 0 Å². The van der Waals surface area contributed by atoms with Crippen molar-refractivity contribution in [3.05, 3.63) is 42.0 Å². The fourth-order valence-corrected chi connectivity index (χ4v) is 2.41. The highest BCUT2D eigenvalue weighted by molar-refractivity contribution is 6.06. The van der Waals surface area contributed by atoms with Crippen LogP contribution in [-0.4, -0.2) is 38.4 Å². The van der Waals surface area contributed by atoms with Gasteiger partial charge in [0, 0.05) is 19.0 Å². The van der Waals surface area contributed by atoms with Crippen LogP contribution in [0.25, 0.3) is 0 Å². The van der Waals surface area contributed by atoms with Crippen molar-refractivity contribution >= 4 is 17.6 Å². The minimum absolute atomic E-state index is 0.139. The van der Waals surface area contributed by atoms with Gasteiger partial charge in [-0.15, -0.1) is 0 Å². The number of amides is 1. The monoisotopic (exact) mass is 316 g/mol. The normalized spacial score (nSPS) is 17.7. The molecule has 0 aromatic carbocycles. The molecule has 120 valence electrons. The molecule has 3 heterocycles. The number of nitrogens with zero attached hydrogens (tertiary/aromatic N) is 3. The molecule has 0 aliphatic carbocycles. The molecule has 3 rings (SSSR count). The molecule has 1 atom stereocenters. The van der Waals surface area contributed by atoms with Gasteiger partial charge >= 0.3 is 5.97 Å². The van der Waals surface area contributed by atoms with Crippen LogP contribution in [-0.2, 0) is 4.74 Å². The van der Waals surface area contributed by atoms with Crippen molar-refractivity contribution in [2.75, 3.05) is 11.9 Å². The highest BCUT2D eigenvalue weighted by Crippen LogP contribution is 2.25. The fourth-order valence-electron chi connectivity index (χ4n) is 2.41. The van der Waals surface area contributed by atoms with Crippen LogP contribution >= 0.6 is 0 Å². The van der Waals surface area contributed by atoms with Crippen molar-refractivity contribution in [2.24, 2.45) is 0 Å². The van der Waals surface area contributed by atoms with Crippen LogP contribution in [0.2, 0.25) is 0 Å². The molecule has 1 saturated heterocycles. The van der Waals surface area contributed by atoms with E-state index in [9.17, 15) is 14.7 Å². The quantitative estimate of drug-likeness (QED) is 0.892. The maximum Gasteiger partial charge on any atom is 0.358 e. The number of anilines is 1. The van der Waals surface area contributed by atoms with E-state index in [0.717, 1.165) is 19.3 Å². The SMILES string of the molecule is O=C(Nc1cn(C2CCCCO2)nc1C(=O)O)c1cccnc1. The number of nitrogens with one attached hydrogen (secondary N) is 1. The topological polar surface area (TPSA) is 106 Å². The molecule has 2 aromatic rings. The van der Waals surface area contributed by atoms with E-state index in [1.54, 1.807) is 18.3 Å². The highest BCUT2D eigenvalue weighted by atomic mass is 16.5. The van der Waals surface area contributed by atoms with E-state index in [0.29, 0.717) is 12.2 Å². The van der Waals surface area contributed by atoms with Crippen LogP contribution < -0.4 is 5.32 Å². The third-order valence-electron chi connectivity index (χ3n) is 3.56. The summed E-state index contributed by atoms with van der Waals surface area (Å²) < 4.78 is 7.05. The number of carboxylic acid groups (broad SMARTS) is 1. The number of pyridine rings is 1. The van der Waals surface area contributed by atoms with E-state index in [2.05, 4.69) is 15.4 Å². The van der Waals surface area contributed by atoms with Crippen molar-refractivity contribution in [1.82, 2.24) is 14.8 Å². The lowest BCUT2D eigenvalue weighted by Gasteiger charge is -2.22. The molecular weight excluding hydrogens is 300 g/mol. The lowest BCUT2D eigenvalue weighted by Crippen LogP contribution is -2.19. The molecule has 0 saturated carbocycles. The van der Waals surface area contributed by atoms with Crippen LogP contribution in [0.4, 0.5) is 5.69 Å². The number of aromatic nitrogens is 3. The second kappa shape index (κ2) is 6.57. The third-order valence-corrected chi connectivity index (χ3v) is 3.56. The van der Waals surface area contributed by atoms with E-state index in [4.69, 9.17) is 4.74 Å². The van der Waals surface area contributed by atoms with E-state index < -0.39 is 11.9 Å². The van der Waals surface area contributed by atoms with Crippen LogP contribution in [0.15, 0.2) is 30.7 Å². The van der Waals surface area contributed by atoms with Gasteiger partial charge < -0.3 is 15.2 Å². The number of ether oxygens (including phenoxy) is 1. The van der Waals surface area contributed by atoms with Crippen LogP contribution in [0.3, 0.4) is 0 Å². The van der Waals surface area contributed by atoms with E-state index in [-0.39, 0.29) is 17.6 Å². The van der Waals surface area contributed by atoms with Gasteiger partial charge in [0.1, 0.15) is 6.23 Å². The van der Waals surface area contributed by atoms with Crippen molar-refractivity contribution in [1.29, 1.82) is 0 Å². The maximum atomic E-state index is 12.2. The Labute approximate surface area is 132 Å². The lowest BCUT2D eigenvalue weighted by atomic mass is 10.2. The maximum absolute atomic E-state index is 12.2. The van der Waals surface area contributed by atoms with Crippen molar-refractivity contribution < 1.29 is 19.4 Å². The largest absolute Gasteiger partial charge is 0.476 e. The molecule has 1 aliphatic rings. The number of aromatic carboxylic acids is 1. The van der Waals surface area contributed by atoms with E-state index in [1.165, 1.54) is 17.1 Å². The first-order chi connectivity index (χ1) is 11.1. The minimum atomic E-state index is -1.21. The Morgan fingerprint density at radius 1 is 1.39 bits per heavy atom. The summed E-state index contributed by atoms with van der Waals surface area (Å²) in [5, 5.41) is 15.9. The minimum Gasteiger partial charge on any atom is -0.476 e. The van der Waals surface area contributed by atoms with Crippen molar-refractivity contribution in [3.8, 4) is 0 Å². The molecular formula is C15H16N4O4. The fraction of sp³-hybridized carbons (Fsp3) is 0.333. The van der Waals surface area contributed by atoms with E-state index >= 15 is 0 Å². The Bertz CT molecular complexity index is 708. The predicted molar refractivity (Wildman–Crippen MR) is 80.2 cm³/mol. The predicted octanol–water partition coefficient (Wildman–Crippen LogP) is 1.93. The average Bonchev–Trinajstić information content (AvgIpc) is 3.00. The third kappa shape index (κ3) is 3.37. The first-order valence-electron chi connectivity index (χ1n) is 7.30. The zero-order valence-electron chi connectivity index (χ0n) is 12.3. The molecule has 8 nitrogen and oxygen atoms in total. The molecule has 1 fully saturated rings. The Balaban J connectivity index is 1.84. The second-order valence-corrected chi connectivity index (χ2v) is 5.19. The smallest absolute Gasteiger partial charge is 0.358 e. The molecule has 0 spiro atoms. The number of rotatable bonds is 4. The zero-order chi connectivity index (χ0) is 16.2. The molecule has 1 unspecified atom stereocenters. The summed E-state index contributed by atoms with van der Waals surface area (Å²) in [6, 6.07) is 3.23.